The average molecular weight is 396 g/mol. The van der Waals surface area contributed by atoms with Crippen LogP contribution >= 0.6 is 11.8 Å². The summed E-state index contributed by atoms with van der Waals surface area (Å²) < 4.78 is 5.27. The number of aromatic amines is 1. The van der Waals surface area contributed by atoms with Crippen LogP contribution in [0.5, 0.6) is 0 Å². The molecule has 1 unspecified atom stereocenters. The second-order valence-corrected chi connectivity index (χ2v) is 7.93. The van der Waals surface area contributed by atoms with Crippen molar-refractivity contribution in [2.75, 3.05) is 24.6 Å². The standard InChI is InChI=1S/C22H25N3O2S/c1-3-25-13-17(21(26)27-4-2)12-15-8-7-9-16(20(15)25)14-28-22-23-18-10-5-6-11-19(18)24-22/h5-11,17H,3-4,12-14H2,1-2H3,(H,23,24). The van der Waals surface area contributed by atoms with E-state index in [0.29, 0.717) is 13.2 Å². The van der Waals surface area contributed by atoms with Gasteiger partial charge in [-0.15, -0.1) is 0 Å². The molecule has 6 heteroatoms. The minimum atomic E-state index is -0.0920. The zero-order valence-corrected chi connectivity index (χ0v) is 17.1. The lowest BCUT2D eigenvalue weighted by atomic mass is 9.90. The van der Waals surface area contributed by atoms with Gasteiger partial charge in [0.1, 0.15) is 0 Å². The van der Waals surface area contributed by atoms with E-state index in [9.17, 15) is 4.79 Å². The SMILES string of the molecule is CCOC(=O)C1Cc2cccc(CSc3nc4ccccc4[nH]3)c2N(CC)C1. The lowest BCUT2D eigenvalue weighted by Crippen LogP contribution is -2.40. The summed E-state index contributed by atoms with van der Waals surface area (Å²) in [5, 5.41) is 0.932. The summed E-state index contributed by atoms with van der Waals surface area (Å²) in [7, 11) is 0. The van der Waals surface area contributed by atoms with Crippen LogP contribution in [0.2, 0.25) is 0 Å². The van der Waals surface area contributed by atoms with Crippen LogP contribution in [0.4, 0.5) is 5.69 Å². The van der Waals surface area contributed by atoms with Crippen molar-refractivity contribution >= 4 is 34.5 Å². The van der Waals surface area contributed by atoms with Gasteiger partial charge < -0.3 is 14.6 Å². The fourth-order valence-corrected chi connectivity index (χ4v) is 4.74. The summed E-state index contributed by atoms with van der Waals surface area (Å²) in [4.78, 5) is 22.7. The number of hydrogen-bond acceptors (Lipinski definition) is 5. The highest BCUT2D eigenvalue weighted by Crippen LogP contribution is 2.36. The molecule has 1 aliphatic rings. The number of carbonyl (C=O) groups is 1. The van der Waals surface area contributed by atoms with E-state index in [4.69, 9.17) is 4.74 Å². The number of thioether (sulfide) groups is 1. The van der Waals surface area contributed by atoms with Gasteiger partial charge in [0, 0.05) is 24.5 Å². The molecule has 0 aliphatic carbocycles. The summed E-state index contributed by atoms with van der Waals surface area (Å²) in [6.07, 6.45) is 0.744. The topological polar surface area (TPSA) is 58.2 Å². The molecule has 0 spiro atoms. The fourth-order valence-electron chi connectivity index (χ4n) is 3.87. The Morgan fingerprint density at radius 2 is 2.11 bits per heavy atom. The van der Waals surface area contributed by atoms with E-state index in [2.05, 4.69) is 40.0 Å². The molecule has 1 aromatic heterocycles. The molecule has 2 aromatic carbocycles. The van der Waals surface area contributed by atoms with Crippen molar-refractivity contribution in [1.29, 1.82) is 0 Å². The van der Waals surface area contributed by atoms with Crippen molar-refractivity contribution in [1.82, 2.24) is 9.97 Å². The van der Waals surface area contributed by atoms with Crippen LogP contribution in [0.1, 0.15) is 25.0 Å². The van der Waals surface area contributed by atoms with Crippen molar-refractivity contribution in [2.45, 2.75) is 31.2 Å². The molecule has 4 rings (SSSR count). The Labute approximate surface area is 169 Å². The Bertz CT molecular complexity index is 952. The third-order valence-corrected chi connectivity index (χ3v) is 6.08. The Balaban J connectivity index is 1.56. The predicted octanol–water partition coefficient (Wildman–Crippen LogP) is 4.42. The van der Waals surface area contributed by atoms with Gasteiger partial charge in [0.2, 0.25) is 0 Å². The van der Waals surface area contributed by atoms with Crippen LogP contribution in [-0.4, -0.2) is 35.6 Å². The average Bonchev–Trinajstić information content (AvgIpc) is 3.14. The summed E-state index contributed by atoms with van der Waals surface area (Å²) in [5.74, 6) is 0.656. The van der Waals surface area contributed by atoms with Crippen LogP contribution in [-0.2, 0) is 21.7 Å². The number of benzene rings is 2. The molecule has 28 heavy (non-hydrogen) atoms. The third kappa shape index (κ3) is 3.74. The number of H-pyrrole nitrogens is 1. The lowest BCUT2D eigenvalue weighted by Gasteiger charge is -2.36. The second-order valence-electron chi connectivity index (χ2n) is 6.96. The van der Waals surface area contributed by atoms with Gasteiger partial charge in [-0.1, -0.05) is 42.1 Å². The number of esters is 1. The Morgan fingerprint density at radius 3 is 2.89 bits per heavy atom. The van der Waals surface area contributed by atoms with Crippen molar-refractivity contribution in [3.8, 4) is 0 Å². The van der Waals surface area contributed by atoms with Crippen LogP contribution in [0, 0.1) is 5.92 Å². The molecule has 1 N–H and O–H groups in total. The van der Waals surface area contributed by atoms with E-state index in [1.165, 1.54) is 16.8 Å². The van der Waals surface area contributed by atoms with Gasteiger partial charge in [-0.05, 0) is 43.5 Å². The number of nitrogens with one attached hydrogen (secondary N) is 1. The maximum atomic E-state index is 12.3. The lowest BCUT2D eigenvalue weighted by molar-refractivity contribution is -0.147. The number of ether oxygens (including phenoxy) is 1. The van der Waals surface area contributed by atoms with E-state index in [0.717, 1.165) is 34.9 Å². The summed E-state index contributed by atoms with van der Waals surface area (Å²) in [5.41, 5.74) is 5.84. The van der Waals surface area contributed by atoms with Crippen LogP contribution in [0.15, 0.2) is 47.6 Å². The Kier molecular flexibility index (Phi) is 5.57. The number of anilines is 1. The first-order valence-electron chi connectivity index (χ1n) is 9.79. The number of nitrogens with zero attached hydrogens (tertiary/aromatic N) is 2. The minimum Gasteiger partial charge on any atom is -0.466 e. The van der Waals surface area contributed by atoms with E-state index in [-0.39, 0.29) is 11.9 Å². The Hall–Kier alpha value is -2.47. The van der Waals surface area contributed by atoms with E-state index >= 15 is 0 Å². The zero-order valence-electron chi connectivity index (χ0n) is 16.3. The molecular weight excluding hydrogens is 370 g/mol. The summed E-state index contributed by atoms with van der Waals surface area (Å²) in [6.45, 7) is 6.02. The molecule has 0 fully saturated rings. The first-order chi connectivity index (χ1) is 13.7. The van der Waals surface area contributed by atoms with Gasteiger partial charge in [-0.3, -0.25) is 4.79 Å². The molecule has 2 heterocycles. The number of para-hydroxylation sites is 3. The van der Waals surface area contributed by atoms with Gasteiger partial charge in [-0.25, -0.2) is 4.98 Å². The maximum absolute atomic E-state index is 12.3. The molecule has 0 amide bonds. The van der Waals surface area contributed by atoms with Gasteiger partial charge in [-0.2, -0.15) is 0 Å². The molecule has 146 valence electrons. The van der Waals surface area contributed by atoms with Crippen LogP contribution in [0.3, 0.4) is 0 Å². The molecule has 0 saturated carbocycles. The first kappa shape index (κ1) is 18.9. The fraction of sp³-hybridized carbons (Fsp3) is 0.364. The predicted molar refractivity (Wildman–Crippen MR) is 114 cm³/mol. The molecule has 5 nitrogen and oxygen atoms in total. The number of fused-ring (bicyclic) bond motifs is 2. The number of rotatable bonds is 6. The second kappa shape index (κ2) is 8.27. The number of aromatic nitrogens is 2. The summed E-state index contributed by atoms with van der Waals surface area (Å²) in [6, 6.07) is 14.5. The molecule has 0 bridgehead atoms. The minimum absolute atomic E-state index is 0.0892. The van der Waals surface area contributed by atoms with Crippen LogP contribution < -0.4 is 4.90 Å². The molecule has 1 aliphatic heterocycles. The molecule has 3 aromatic rings. The number of hydrogen-bond donors (Lipinski definition) is 1. The molecule has 1 atom stereocenters. The largest absolute Gasteiger partial charge is 0.466 e. The summed E-state index contributed by atoms with van der Waals surface area (Å²) >= 11 is 1.71. The van der Waals surface area contributed by atoms with Gasteiger partial charge in [0.15, 0.2) is 5.16 Å². The zero-order chi connectivity index (χ0) is 19.5. The molecular formula is C22H25N3O2S. The first-order valence-corrected chi connectivity index (χ1v) is 10.8. The van der Waals surface area contributed by atoms with E-state index in [1.807, 2.05) is 31.2 Å². The van der Waals surface area contributed by atoms with E-state index < -0.39 is 0 Å². The molecule has 0 radical (unpaired) electrons. The van der Waals surface area contributed by atoms with Gasteiger partial charge in [0.25, 0.3) is 0 Å². The van der Waals surface area contributed by atoms with Gasteiger partial charge in [0.05, 0.1) is 23.6 Å². The van der Waals surface area contributed by atoms with Crippen molar-refractivity contribution in [3.63, 3.8) is 0 Å². The quantitative estimate of drug-likeness (QED) is 0.495. The number of imidazole rings is 1. The number of carbonyl (C=O) groups excluding carboxylic acids is 1. The maximum Gasteiger partial charge on any atom is 0.311 e. The van der Waals surface area contributed by atoms with Crippen molar-refractivity contribution < 1.29 is 9.53 Å². The monoisotopic (exact) mass is 395 g/mol. The van der Waals surface area contributed by atoms with Gasteiger partial charge >= 0.3 is 5.97 Å². The normalized spacial score (nSPS) is 16.2. The van der Waals surface area contributed by atoms with Crippen LogP contribution in [0.25, 0.3) is 11.0 Å². The van der Waals surface area contributed by atoms with Crippen molar-refractivity contribution in [3.05, 3.63) is 53.6 Å². The van der Waals surface area contributed by atoms with E-state index in [1.54, 1.807) is 11.8 Å². The molecule has 0 saturated heterocycles. The third-order valence-electron chi connectivity index (χ3n) is 5.16. The van der Waals surface area contributed by atoms with Crippen molar-refractivity contribution in [2.24, 2.45) is 5.92 Å². The highest BCUT2D eigenvalue weighted by atomic mass is 32.2. The highest BCUT2D eigenvalue weighted by Gasteiger charge is 2.30. The Morgan fingerprint density at radius 1 is 1.25 bits per heavy atom. The smallest absolute Gasteiger partial charge is 0.311 e. The highest BCUT2D eigenvalue weighted by molar-refractivity contribution is 7.98.